The summed E-state index contributed by atoms with van der Waals surface area (Å²) in [6.07, 6.45) is 3.61. The van der Waals surface area contributed by atoms with Gasteiger partial charge in [-0.2, -0.15) is 4.31 Å². The molecule has 8 nitrogen and oxygen atoms in total. The monoisotopic (exact) mass is 530 g/mol. The van der Waals surface area contributed by atoms with Crippen LogP contribution in [0.5, 0.6) is 5.75 Å². The fourth-order valence-corrected chi connectivity index (χ4v) is 7.31. The van der Waals surface area contributed by atoms with Crippen LogP contribution in [0, 0.1) is 0 Å². The second kappa shape index (κ2) is 11.2. The van der Waals surface area contributed by atoms with Gasteiger partial charge in [0.2, 0.25) is 10.0 Å². The molecule has 1 aromatic heterocycles. The SMILES string of the molecule is CCC1CCCCN1S(=O)(=O)c1ccc(C(=O)N(CCN(C)C)c2nc3c(OC)cccc3s2)cc1. The predicted molar refractivity (Wildman–Crippen MR) is 145 cm³/mol. The van der Waals surface area contributed by atoms with Gasteiger partial charge >= 0.3 is 0 Å². The Morgan fingerprint density at radius 2 is 1.89 bits per heavy atom. The van der Waals surface area contributed by atoms with Crippen molar-refractivity contribution in [2.75, 3.05) is 45.7 Å². The van der Waals surface area contributed by atoms with E-state index in [0.717, 1.165) is 35.9 Å². The summed E-state index contributed by atoms with van der Waals surface area (Å²) in [7, 11) is 1.90. The third kappa shape index (κ3) is 5.41. The van der Waals surface area contributed by atoms with Crippen LogP contribution in [0.25, 0.3) is 10.2 Å². The number of sulfonamides is 1. The van der Waals surface area contributed by atoms with Crippen LogP contribution in [0.3, 0.4) is 0 Å². The number of amides is 1. The van der Waals surface area contributed by atoms with Crippen LogP contribution in [0.4, 0.5) is 5.13 Å². The van der Waals surface area contributed by atoms with Gasteiger partial charge in [-0.15, -0.1) is 0 Å². The highest BCUT2D eigenvalue weighted by Crippen LogP contribution is 2.35. The summed E-state index contributed by atoms with van der Waals surface area (Å²) in [6, 6.07) is 12.1. The van der Waals surface area contributed by atoms with E-state index in [0.29, 0.717) is 36.1 Å². The number of nitrogens with zero attached hydrogens (tertiary/aromatic N) is 4. The molecule has 194 valence electrons. The van der Waals surface area contributed by atoms with Crippen molar-refractivity contribution in [3.63, 3.8) is 0 Å². The van der Waals surface area contributed by atoms with Gasteiger partial charge in [0.25, 0.3) is 5.91 Å². The van der Waals surface area contributed by atoms with Gasteiger partial charge in [-0.05, 0) is 69.8 Å². The van der Waals surface area contributed by atoms with E-state index >= 15 is 0 Å². The summed E-state index contributed by atoms with van der Waals surface area (Å²) in [4.78, 5) is 22.2. The van der Waals surface area contributed by atoms with E-state index in [9.17, 15) is 13.2 Å². The van der Waals surface area contributed by atoms with Crippen LogP contribution in [-0.4, -0.2) is 75.4 Å². The van der Waals surface area contributed by atoms with Crippen molar-refractivity contribution in [3.05, 3.63) is 48.0 Å². The van der Waals surface area contributed by atoms with Crippen molar-refractivity contribution < 1.29 is 17.9 Å². The van der Waals surface area contributed by atoms with E-state index in [1.807, 2.05) is 44.1 Å². The number of ether oxygens (including phenoxy) is 1. The van der Waals surface area contributed by atoms with Crippen LogP contribution in [0.1, 0.15) is 43.0 Å². The van der Waals surface area contributed by atoms with E-state index in [4.69, 9.17) is 9.72 Å². The molecule has 2 aromatic carbocycles. The van der Waals surface area contributed by atoms with Crippen LogP contribution in [0.15, 0.2) is 47.4 Å². The van der Waals surface area contributed by atoms with E-state index < -0.39 is 10.0 Å². The number of hydrogen-bond donors (Lipinski definition) is 0. The van der Waals surface area contributed by atoms with Gasteiger partial charge < -0.3 is 9.64 Å². The zero-order valence-corrected chi connectivity index (χ0v) is 22.9. The van der Waals surface area contributed by atoms with Crippen LogP contribution < -0.4 is 9.64 Å². The number of aromatic nitrogens is 1. The molecule has 0 N–H and O–H groups in total. The van der Waals surface area contributed by atoms with Gasteiger partial charge in [0.1, 0.15) is 11.3 Å². The van der Waals surface area contributed by atoms with Gasteiger partial charge in [-0.3, -0.25) is 9.69 Å². The fraction of sp³-hybridized carbons (Fsp3) is 0.462. The quantitative estimate of drug-likeness (QED) is 0.406. The van der Waals surface area contributed by atoms with Gasteiger partial charge in [0, 0.05) is 31.2 Å². The molecule has 1 aliphatic rings. The summed E-state index contributed by atoms with van der Waals surface area (Å²) in [5.74, 6) is 0.441. The number of likely N-dealkylation sites (N-methyl/N-ethyl adjacent to an activating group) is 1. The third-order valence-electron chi connectivity index (χ3n) is 6.59. The first-order valence-corrected chi connectivity index (χ1v) is 14.5. The molecule has 0 saturated carbocycles. The number of piperidine rings is 1. The second-order valence-corrected chi connectivity index (χ2v) is 12.2. The van der Waals surface area contributed by atoms with Crippen molar-refractivity contribution in [2.45, 2.75) is 43.5 Å². The Bertz CT molecular complexity index is 1310. The molecule has 2 heterocycles. The Labute approximate surface area is 217 Å². The van der Waals surface area contributed by atoms with Gasteiger partial charge in [0.05, 0.1) is 16.7 Å². The van der Waals surface area contributed by atoms with Gasteiger partial charge in [-0.25, -0.2) is 13.4 Å². The molecular weight excluding hydrogens is 496 g/mol. The van der Waals surface area contributed by atoms with Crippen LogP contribution >= 0.6 is 11.3 Å². The molecule has 1 saturated heterocycles. The highest BCUT2D eigenvalue weighted by molar-refractivity contribution is 7.89. The fourth-order valence-electron chi connectivity index (χ4n) is 4.53. The molecule has 1 atom stereocenters. The first-order valence-electron chi connectivity index (χ1n) is 12.3. The molecule has 1 unspecified atom stereocenters. The molecule has 10 heteroatoms. The molecule has 0 bridgehead atoms. The smallest absolute Gasteiger partial charge is 0.260 e. The number of rotatable bonds is 9. The zero-order valence-electron chi connectivity index (χ0n) is 21.3. The number of para-hydroxylation sites is 1. The Morgan fingerprint density at radius 1 is 1.14 bits per heavy atom. The lowest BCUT2D eigenvalue weighted by molar-refractivity contribution is 0.0985. The third-order valence-corrected chi connectivity index (χ3v) is 9.60. The van der Waals surface area contributed by atoms with Crippen molar-refractivity contribution in [3.8, 4) is 5.75 Å². The summed E-state index contributed by atoms with van der Waals surface area (Å²) >= 11 is 1.43. The maximum absolute atomic E-state index is 13.6. The lowest BCUT2D eigenvalue weighted by Gasteiger charge is -2.34. The molecule has 36 heavy (non-hydrogen) atoms. The number of anilines is 1. The zero-order chi connectivity index (χ0) is 25.9. The molecule has 1 amide bonds. The first kappa shape index (κ1) is 26.5. The number of carbonyl (C=O) groups excluding carboxylic acids is 1. The Morgan fingerprint density at radius 3 is 2.56 bits per heavy atom. The van der Waals surface area contributed by atoms with E-state index in [1.54, 1.807) is 40.6 Å². The first-order chi connectivity index (χ1) is 17.3. The second-order valence-electron chi connectivity index (χ2n) is 9.26. The standard InChI is InChI=1S/C26H34N4O4S2/c1-5-20-9-6-7-16-30(20)36(32,33)21-14-12-19(13-15-21)25(31)29(18-17-28(2)3)26-27-24-22(34-4)10-8-11-23(24)35-26/h8,10-15,20H,5-7,9,16-18H2,1-4H3. The Kier molecular flexibility index (Phi) is 8.29. The maximum atomic E-state index is 13.6. The number of methoxy groups -OCH3 is 1. The van der Waals surface area contributed by atoms with E-state index in [2.05, 4.69) is 0 Å². The van der Waals surface area contributed by atoms with Crippen LogP contribution in [0.2, 0.25) is 0 Å². The highest BCUT2D eigenvalue weighted by Gasteiger charge is 2.32. The maximum Gasteiger partial charge on any atom is 0.260 e. The Hall–Kier alpha value is -2.53. The average molecular weight is 531 g/mol. The summed E-state index contributed by atoms with van der Waals surface area (Å²) in [5, 5.41) is 0.581. The minimum atomic E-state index is -3.61. The summed E-state index contributed by atoms with van der Waals surface area (Å²) in [5.41, 5.74) is 1.14. The highest BCUT2D eigenvalue weighted by atomic mass is 32.2. The molecule has 3 aromatic rings. The number of hydrogen-bond acceptors (Lipinski definition) is 7. The molecule has 4 rings (SSSR count). The molecule has 1 aliphatic heterocycles. The minimum absolute atomic E-state index is 0.0302. The largest absolute Gasteiger partial charge is 0.494 e. The number of fused-ring (bicyclic) bond motifs is 1. The molecule has 0 aliphatic carbocycles. The topological polar surface area (TPSA) is 83.1 Å². The number of carbonyl (C=O) groups is 1. The summed E-state index contributed by atoms with van der Waals surface area (Å²) in [6.45, 7) is 3.67. The minimum Gasteiger partial charge on any atom is -0.494 e. The number of thiazole rings is 1. The Balaban J connectivity index is 1.63. The van der Waals surface area contributed by atoms with Gasteiger partial charge in [-0.1, -0.05) is 30.7 Å². The van der Waals surface area contributed by atoms with Crippen molar-refractivity contribution in [1.82, 2.24) is 14.2 Å². The van der Waals surface area contributed by atoms with Crippen LogP contribution in [-0.2, 0) is 10.0 Å². The van der Waals surface area contributed by atoms with Crippen molar-refractivity contribution in [2.24, 2.45) is 0 Å². The normalized spacial score (nSPS) is 17.0. The molecular formula is C26H34N4O4S2. The van der Waals surface area contributed by atoms with E-state index in [-0.39, 0.29) is 16.8 Å². The summed E-state index contributed by atoms with van der Waals surface area (Å²) < 4.78 is 34.7. The molecule has 1 fully saturated rings. The average Bonchev–Trinajstić information content (AvgIpc) is 3.32. The molecule has 0 radical (unpaired) electrons. The molecule has 0 spiro atoms. The van der Waals surface area contributed by atoms with Gasteiger partial charge in [0.15, 0.2) is 5.13 Å². The number of benzene rings is 2. The lowest BCUT2D eigenvalue weighted by Crippen LogP contribution is -2.43. The van der Waals surface area contributed by atoms with E-state index in [1.165, 1.54) is 11.3 Å². The van der Waals surface area contributed by atoms with Crippen molar-refractivity contribution >= 4 is 42.6 Å². The predicted octanol–water partition coefficient (Wildman–Crippen LogP) is 4.47. The van der Waals surface area contributed by atoms with Crippen molar-refractivity contribution in [1.29, 1.82) is 0 Å². The lowest BCUT2D eigenvalue weighted by atomic mass is 10.0.